The average molecular weight is 470 g/mol. The fourth-order valence-electron chi connectivity index (χ4n) is 4.53. The Hall–Kier alpha value is -3.84. The maximum absolute atomic E-state index is 5.89. The number of hydrogen-bond acceptors (Lipinski definition) is 4. The highest BCUT2D eigenvalue weighted by Crippen LogP contribution is 2.43. The SMILES string of the molecule is COc1ccccc1-n1cccc1[C@H]1[C@H](c2ccccn2)NC(=S)N1c1ccc(N(C)C)cc1. The molecule has 7 heteroatoms. The highest BCUT2D eigenvalue weighted by Gasteiger charge is 2.42. The lowest BCUT2D eigenvalue weighted by molar-refractivity contribution is 0.412. The molecule has 2 atom stereocenters. The average Bonchev–Trinajstić information content (AvgIpc) is 3.48. The standard InChI is InChI=1S/C27H27N5OS/c1-30(2)19-13-15-20(16-14-19)32-26(25(29-27(32)34)21-9-6-7-17-28-21)23-11-8-18-31(23)22-10-4-5-12-24(22)33-3/h4-18,25-26H,1-3H3,(H,29,34)/t25-,26-/m0/s1. The lowest BCUT2D eigenvalue weighted by atomic mass is 10.0. The molecule has 0 unspecified atom stereocenters. The number of thiocarbonyl (C=S) groups is 1. The zero-order valence-corrected chi connectivity index (χ0v) is 20.2. The zero-order valence-electron chi connectivity index (χ0n) is 19.4. The largest absolute Gasteiger partial charge is 0.495 e. The van der Waals surface area contributed by atoms with Crippen LogP contribution in [0.5, 0.6) is 5.75 Å². The van der Waals surface area contributed by atoms with Gasteiger partial charge in [-0.2, -0.15) is 0 Å². The van der Waals surface area contributed by atoms with Crippen LogP contribution in [-0.2, 0) is 0 Å². The van der Waals surface area contributed by atoms with Crippen LogP contribution in [0.1, 0.15) is 23.5 Å². The van der Waals surface area contributed by atoms with Gasteiger partial charge in [0, 0.05) is 43.6 Å². The third-order valence-electron chi connectivity index (χ3n) is 6.17. The summed E-state index contributed by atoms with van der Waals surface area (Å²) >= 11 is 5.89. The highest BCUT2D eigenvalue weighted by molar-refractivity contribution is 7.80. The van der Waals surface area contributed by atoms with E-state index in [1.807, 2.05) is 56.7 Å². The first kappa shape index (κ1) is 22.0. The third-order valence-corrected chi connectivity index (χ3v) is 6.48. The minimum Gasteiger partial charge on any atom is -0.495 e. The van der Waals surface area contributed by atoms with Crippen LogP contribution < -0.4 is 19.9 Å². The molecule has 1 aliphatic rings. The molecule has 3 heterocycles. The molecule has 0 saturated carbocycles. The Morgan fingerprint density at radius 1 is 0.941 bits per heavy atom. The predicted octanol–water partition coefficient (Wildman–Crippen LogP) is 5.12. The van der Waals surface area contributed by atoms with E-state index in [9.17, 15) is 0 Å². The van der Waals surface area contributed by atoms with Crippen molar-refractivity contribution < 1.29 is 4.74 Å². The van der Waals surface area contributed by atoms with Crippen molar-refractivity contribution in [1.29, 1.82) is 0 Å². The van der Waals surface area contributed by atoms with Crippen LogP contribution in [0.15, 0.2) is 91.3 Å². The molecule has 34 heavy (non-hydrogen) atoms. The summed E-state index contributed by atoms with van der Waals surface area (Å²) in [6.45, 7) is 0. The molecule has 6 nitrogen and oxygen atoms in total. The van der Waals surface area contributed by atoms with Gasteiger partial charge in [0.25, 0.3) is 0 Å². The smallest absolute Gasteiger partial charge is 0.174 e. The molecule has 0 bridgehead atoms. The van der Waals surface area contributed by atoms with E-state index >= 15 is 0 Å². The quantitative estimate of drug-likeness (QED) is 0.395. The van der Waals surface area contributed by atoms with E-state index < -0.39 is 0 Å². The van der Waals surface area contributed by atoms with Crippen LogP contribution >= 0.6 is 12.2 Å². The monoisotopic (exact) mass is 469 g/mol. The Morgan fingerprint density at radius 2 is 1.71 bits per heavy atom. The molecule has 1 aliphatic heterocycles. The summed E-state index contributed by atoms with van der Waals surface area (Å²) in [4.78, 5) is 8.95. The minimum atomic E-state index is -0.120. The minimum absolute atomic E-state index is 0.118. The number of para-hydroxylation sites is 2. The number of anilines is 2. The van der Waals surface area contributed by atoms with Gasteiger partial charge in [-0.05, 0) is 72.9 Å². The second kappa shape index (κ2) is 9.19. The Morgan fingerprint density at radius 3 is 2.41 bits per heavy atom. The van der Waals surface area contributed by atoms with Crippen LogP contribution in [0.3, 0.4) is 0 Å². The van der Waals surface area contributed by atoms with Gasteiger partial charge >= 0.3 is 0 Å². The van der Waals surface area contributed by atoms with Gasteiger partial charge in [-0.15, -0.1) is 0 Å². The summed E-state index contributed by atoms with van der Waals surface area (Å²) in [6.07, 6.45) is 3.89. The van der Waals surface area contributed by atoms with Gasteiger partial charge in [0.1, 0.15) is 11.8 Å². The number of rotatable bonds is 6. The first-order valence-electron chi connectivity index (χ1n) is 11.2. The van der Waals surface area contributed by atoms with Crippen LogP contribution in [0.2, 0.25) is 0 Å². The van der Waals surface area contributed by atoms with Gasteiger partial charge in [-0.25, -0.2) is 0 Å². The molecule has 172 valence electrons. The number of hydrogen-bond donors (Lipinski definition) is 1. The normalized spacial score (nSPS) is 17.5. The van der Waals surface area contributed by atoms with E-state index in [4.69, 9.17) is 17.0 Å². The number of methoxy groups -OCH3 is 1. The third kappa shape index (κ3) is 3.88. The first-order valence-corrected chi connectivity index (χ1v) is 11.6. The molecule has 1 N–H and O–H groups in total. The maximum Gasteiger partial charge on any atom is 0.174 e. The van der Waals surface area contributed by atoms with Crippen LogP contribution in [0, 0.1) is 0 Å². The molecule has 2 aromatic heterocycles. The summed E-state index contributed by atoms with van der Waals surface area (Å²) in [6, 6.07) is 26.5. The maximum atomic E-state index is 5.89. The van der Waals surface area contributed by atoms with Gasteiger partial charge in [-0.3, -0.25) is 4.98 Å². The topological polar surface area (TPSA) is 45.6 Å². The number of pyridine rings is 1. The molecule has 0 aliphatic carbocycles. The van der Waals surface area contributed by atoms with Gasteiger partial charge in [0.15, 0.2) is 5.11 Å². The highest BCUT2D eigenvalue weighted by atomic mass is 32.1. The molecule has 5 rings (SSSR count). The summed E-state index contributed by atoms with van der Waals surface area (Å²) in [7, 11) is 5.78. The van der Waals surface area contributed by atoms with Crippen molar-refractivity contribution in [2.24, 2.45) is 0 Å². The summed E-state index contributed by atoms with van der Waals surface area (Å²) in [5.74, 6) is 0.810. The molecule has 0 radical (unpaired) electrons. The summed E-state index contributed by atoms with van der Waals surface area (Å²) in [5, 5.41) is 4.21. The number of nitrogens with one attached hydrogen (secondary N) is 1. The fourth-order valence-corrected chi connectivity index (χ4v) is 4.87. The van der Waals surface area contributed by atoms with Gasteiger partial charge in [-0.1, -0.05) is 18.2 Å². The lowest BCUT2D eigenvalue weighted by Gasteiger charge is -2.29. The van der Waals surface area contributed by atoms with E-state index in [2.05, 4.69) is 73.3 Å². The number of aromatic nitrogens is 2. The van der Waals surface area contributed by atoms with Crippen molar-refractivity contribution in [2.75, 3.05) is 31.0 Å². The molecular weight excluding hydrogens is 442 g/mol. The second-order valence-corrected chi connectivity index (χ2v) is 8.77. The van der Waals surface area contributed by atoms with Crippen molar-refractivity contribution >= 4 is 28.7 Å². The Labute approximate surface area is 205 Å². The van der Waals surface area contributed by atoms with E-state index in [0.717, 1.165) is 34.2 Å². The van der Waals surface area contributed by atoms with Crippen LogP contribution in [0.25, 0.3) is 5.69 Å². The Balaban J connectivity index is 1.66. The molecular formula is C27H27N5OS. The predicted molar refractivity (Wildman–Crippen MR) is 141 cm³/mol. The zero-order chi connectivity index (χ0) is 23.7. The fraction of sp³-hybridized carbons (Fsp3) is 0.185. The number of nitrogens with zero attached hydrogens (tertiary/aromatic N) is 4. The van der Waals surface area contributed by atoms with Crippen molar-refractivity contribution in [3.8, 4) is 11.4 Å². The van der Waals surface area contributed by atoms with E-state index in [-0.39, 0.29) is 12.1 Å². The van der Waals surface area contributed by atoms with Crippen LogP contribution in [-0.4, -0.2) is 35.9 Å². The van der Waals surface area contributed by atoms with Crippen molar-refractivity contribution in [3.63, 3.8) is 0 Å². The molecule has 0 spiro atoms. The van der Waals surface area contributed by atoms with Gasteiger partial charge < -0.3 is 24.4 Å². The Bertz CT molecular complexity index is 1290. The molecule has 1 fully saturated rings. The van der Waals surface area contributed by atoms with Crippen molar-refractivity contribution in [3.05, 3.63) is 103 Å². The first-order chi connectivity index (χ1) is 16.6. The van der Waals surface area contributed by atoms with Crippen LogP contribution in [0.4, 0.5) is 11.4 Å². The van der Waals surface area contributed by atoms with E-state index in [1.54, 1.807) is 7.11 Å². The van der Waals surface area contributed by atoms with Crippen molar-refractivity contribution in [1.82, 2.24) is 14.9 Å². The molecule has 4 aromatic rings. The van der Waals surface area contributed by atoms with Gasteiger partial charge in [0.2, 0.25) is 0 Å². The summed E-state index contributed by atoms with van der Waals surface area (Å²) in [5.41, 5.74) is 5.17. The van der Waals surface area contributed by atoms with E-state index in [1.165, 1.54) is 0 Å². The summed E-state index contributed by atoms with van der Waals surface area (Å²) < 4.78 is 7.85. The number of benzene rings is 2. The van der Waals surface area contributed by atoms with Crippen molar-refractivity contribution in [2.45, 2.75) is 12.1 Å². The molecule has 0 amide bonds. The van der Waals surface area contributed by atoms with Gasteiger partial charge in [0.05, 0.1) is 24.5 Å². The van der Waals surface area contributed by atoms with E-state index in [0.29, 0.717) is 5.11 Å². The Kier molecular flexibility index (Phi) is 5.94. The molecule has 1 saturated heterocycles. The lowest BCUT2D eigenvalue weighted by Crippen LogP contribution is -2.30. The number of ether oxygens (including phenoxy) is 1. The second-order valence-electron chi connectivity index (χ2n) is 8.38. The molecule has 2 aromatic carbocycles.